The Bertz CT molecular complexity index is 279. The largest absolute Gasteiger partial charge is 0.229 e. The molecule has 0 rings (SSSR count). The Hall–Kier alpha value is 0.430. The first-order chi connectivity index (χ1) is 6.57. The molecule has 15 heavy (non-hydrogen) atoms. The Balaban J connectivity index is 4.27. The van der Waals surface area contributed by atoms with Crippen LogP contribution in [0, 0.1) is 5.41 Å². The van der Waals surface area contributed by atoms with Crippen molar-refractivity contribution in [2.24, 2.45) is 5.41 Å². The van der Waals surface area contributed by atoms with E-state index >= 15 is 0 Å². The van der Waals surface area contributed by atoms with Gasteiger partial charge in [0.15, 0.2) is 9.84 Å². The van der Waals surface area contributed by atoms with Crippen molar-refractivity contribution in [2.75, 3.05) is 5.75 Å². The lowest BCUT2D eigenvalue weighted by Gasteiger charge is -2.26. The van der Waals surface area contributed by atoms with E-state index < -0.39 is 9.84 Å². The van der Waals surface area contributed by atoms with Gasteiger partial charge < -0.3 is 0 Å². The summed E-state index contributed by atoms with van der Waals surface area (Å²) in [4.78, 5) is 0.439. The van der Waals surface area contributed by atoms with Crippen LogP contribution in [0.25, 0.3) is 0 Å². The molecule has 0 bridgehead atoms. The number of hydrogen-bond donors (Lipinski definition) is 0. The molecule has 0 heterocycles. The predicted octanol–water partition coefficient (Wildman–Crippen LogP) is 3.40. The van der Waals surface area contributed by atoms with Crippen LogP contribution in [0.5, 0.6) is 0 Å². The minimum atomic E-state index is -2.88. The number of halogens is 1. The van der Waals surface area contributed by atoms with Crippen LogP contribution in [0.3, 0.4) is 0 Å². The standard InChI is InChI=1S/C11H23BrO2S/c1-9(2)15(13,14)7-6-11(4,5)8-10(3)12/h9-10H,6-8H2,1-5H3. The molecule has 0 radical (unpaired) electrons. The van der Waals surface area contributed by atoms with Gasteiger partial charge in [-0.3, -0.25) is 0 Å². The van der Waals surface area contributed by atoms with Gasteiger partial charge in [-0.2, -0.15) is 0 Å². The molecule has 0 aliphatic rings. The highest BCUT2D eigenvalue weighted by Crippen LogP contribution is 2.30. The molecule has 0 fully saturated rings. The summed E-state index contributed by atoms with van der Waals surface area (Å²) in [5, 5.41) is -0.255. The summed E-state index contributed by atoms with van der Waals surface area (Å²) in [6.45, 7) is 9.84. The molecule has 0 aromatic rings. The molecule has 0 aromatic carbocycles. The number of hydrogen-bond acceptors (Lipinski definition) is 2. The summed E-state index contributed by atoms with van der Waals surface area (Å²) in [6.07, 6.45) is 1.74. The molecule has 92 valence electrons. The highest BCUT2D eigenvalue weighted by Gasteiger charge is 2.24. The second-order valence-corrected chi connectivity index (χ2v) is 9.55. The van der Waals surface area contributed by atoms with E-state index in [-0.39, 0.29) is 10.7 Å². The van der Waals surface area contributed by atoms with E-state index in [9.17, 15) is 8.42 Å². The number of sulfone groups is 1. The van der Waals surface area contributed by atoms with Gasteiger partial charge in [0.1, 0.15) is 0 Å². The molecule has 0 spiro atoms. The number of alkyl halides is 1. The van der Waals surface area contributed by atoms with Crippen molar-refractivity contribution in [1.29, 1.82) is 0 Å². The Morgan fingerprint density at radius 3 is 2.00 bits per heavy atom. The van der Waals surface area contributed by atoms with Crippen molar-refractivity contribution in [3.63, 3.8) is 0 Å². The normalized spacial score (nSPS) is 15.7. The fourth-order valence-corrected chi connectivity index (χ4v) is 3.70. The second-order valence-electron chi connectivity index (χ2n) is 5.31. The van der Waals surface area contributed by atoms with Crippen LogP contribution in [-0.2, 0) is 9.84 Å². The van der Waals surface area contributed by atoms with E-state index in [1.165, 1.54) is 0 Å². The topological polar surface area (TPSA) is 34.1 Å². The summed E-state index contributed by atoms with van der Waals surface area (Å²) in [6, 6.07) is 0. The van der Waals surface area contributed by atoms with Gasteiger partial charge >= 0.3 is 0 Å². The Labute approximate surface area is 103 Å². The SMILES string of the molecule is CC(Br)CC(C)(C)CCS(=O)(=O)C(C)C. The summed E-state index contributed by atoms with van der Waals surface area (Å²) >= 11 is 3.51. The van der Waals surface area contributed by atoms with Gasteiger partial charge in [-0.1, -0.05) is 36.7 Å². The lowest BCUT2D eigenvalue weighted by Crippen LogP contribution is -2.24. The summed E-state index contributed by atoms with van der Waals surface area (Å²) < 4.78 is 23.3. The van der Waals surface area contributed by atoms with E-state index in [1.54, 1.807) is 13.8 Å². The molecule has 4 heteroatoms. The third-order valence-corrected chi connectivity index (χ3v) is 5.15. The van der Waals surface area contributed by atoms with Crippen LogP contribution >= 0.6 is 15.9 Å². The smallest absolute Gasteiger partial charge is 0.152 e. The van der Waals surface area contributed by atoms with E-state index in [0.717, 1.165) is 12.8 Å². The van der Waals surface area contributed by atoms with Crippen molar-refractivity contribution in [2.45, 2.75) is 57.5 Å². The van der Waals surface area contributed by atoms with Gasteiger partial charge in [0.05, 0.1) is 11.0 Å². The Kier molecular flexibility index (Phi) is 5.83. The molecule has 0 aromatic heterocycles. The number of rotatable bonds is 6. The zero-order valence-electron chi connectivity index (χ0n) is 10.4. The monoisotopic (exact) mass is 298 g/mol. The maximum Gasteiger partial charge on any atom is 0.152 e. The zero-order valence-corrected chi connectivity index (χ0v) is 12.8. The van der Waals surface area contributed by atoms with Crippen molar-refractivity contribution in [3.8, 4) is 0 Å². The molecule has 0 aliphatic heterocycles. The zero-order chi connectivity index (χ0) is 12.3. The van der Waals surface area contributed by atoms with Crippen LogP contribution in [0.2, 0.25) is 0 Å². The highest BCUT2D eigenvalue weighted by atomic mass is 79.9. The average molecular weight is 299 g/mol. The lowest BCUT2D eigenvalue weighted by atomic mass is 9.85. The van der Waals surface area contributed by atoms with Gasteiger partial charge in [0, 0.05) is 4.83 Å². The molecule has 1 unspecified atom stereocenters. The quantitative estimate of drug-likeness (QED) is 0.704. The van der Waals surface area contributed by atoms with E-state index in [2.05, 4.69) is 36.7 Å². The highest BCUT2D eigenvalue weighted by molar-refractivity contribution is 9.09. The van der Waals surface area contributed by atoms with Crippen molar-refractivity contribution < 1.29 is 8.42 Å². The molecular weight excluding hydrogens is 276 g/mol. The molecule has 0 saturated carbocycles. The molecule has 1 atom stereocenters. The van der Waals surface area contributed by atoms with E-state index in [4.69, 9.17) is 0 Å². The summed E-state index contributed by atoms with van der Waals surface area (Å²) in [7, 11) is -2.88. The lowest BCUT2D eigenvalue weighted by molar-refractivity contribution is 0.325. The second kappa shape index (κ2) is 5.67. The minimum Gasteiger partial charge on any atom is -0.229 e. The Morgan fingerprint density at radius 1 is 1.20 bits per heavy atom. The van der Waals surface area contributed by atoms with Crippen molar-refractivity contribution in [3.05, 3.63) is 0 Å². The fraction of sp³-hybridized carbons (Fsp3) is 1.00. The van der Waals surface area contributed by atoms with Crippen LogP contribution < -0.4 is 0 Å². The molecule has 0 amide bonds. The maximum atomic E-state index is 11.7. The molecule has 0 aliphatic carbocycles. The van der Waals surface area contributed by atoms with Gasteiger partial charge in [0.25, 0.3) is 0 Å². The third kappa shape index (κ3) is 6.56. The summed E-state index contributed by atoms with van der Waals surface area (Å²) in [5.41, 5.74) is 0.0882. The van der Waals surface area contributed by atoms with Gasteiger partial charge in [-0.15, -0.1) is 0 Å². The first kappa shape index (κ1) is 15.4. The Morgan fingerprint density at radius 2 is 1.67 bits per heavy atom. The third-order valence-electron chi connectivity index (χ3n) is 2.62. The van der Waals surface area contributed by atoms with Crippen LogP contribution in [-0.4, -0.2) is 24.2 Å². The van der Waals surface area contributed by atoms with Gasteiger partial charge in [-0.05, 0) is 32.1 Å². The van der Waals surface area contributed by atoms with Gasteiger partial charge in [0.2, 0.25) is 0 Å². The van der Waals surface area contributed by atoms with E-state index in [1.807, 2.05) is 0 Å². The van der Waals surface area contributed by atoms with Crippen LogP contribution in [0.4, 0.5) is 0 Å². The first-order valence-corrected chi connectivity index (χ1v) is 8.05. The van der Waals surface area contributed by atoms with Crippen molar-refractivity contribution in [1.82, 2.24) is 0 Å². The van der Waals surface area contributed by atoms with Crippen LogP contribution in [0.15, 0.2) is 0 Å². The predicted molar refractivity (Wildman–Crippen MR) is 70.3 cm³/mol. The van der Waals surface area contributed by atoms with Gasteiger partial charge in [-0.25, -0.2) is 8.42 Å². The molecular formula is C11H23BrO2S. The minimum absolute atomic E-state index is 0.0882. The molecule has 0 saturated heterocycles. The molecule has 0 N–H and O–H groups in total. The van der Waals surface area contributed by atoms with E-state index in [0.29, 0.717) is 10.6 Å². The fourth-order valence-electron chi connectivity index (χ4n) is 1.52. The van der Waals surface area contributed by atoms with Crippen molar-refractivity contribution >= 4 is 25.8 Å². The first-order valence-electron chi connectivity index (χ1n) is 5.42. The maximum absolute atomic E-state index is 11.7. The van der Waals surface area contributed by atoms with Crippen LogP contribution in [0.1, 0.15) is 47.5 Å². The molecule has 2 nitrogen and oxygen atoms in total. The summed E-state index contributed by atoms with van der Waals surface area (Å²) in [5.74, 6) is 0.303. The average Bonchev–Trinajstić information content (AvgIpc) is 1.98.